The van der Waals surface area contributed by atoms with E-state index >= 15 is 0 Å². The zero-order valence-electron chi connectivity index (χ0n) is 15.8. The van der Waals surface area contributed by atoms with Gasteiger partial charge in [-0.1, -0.05) is 11.3 Å². The van der Waals surface area contributed by atoms with Crippen LogP contribution in [0.5, 0.6) is 5.75 Å². The number of rotatable bonds is 4. The number of hydrogen-bond acceptors (Lipinski definition) is 5. The second-order valence-corrected chi connectivity index (χ2v) is 7.45. The topological polar surface area (TPSA) is 69.0 Å². The lowest BCUT2D eigenvalue weighted by Crippen LogP contribution is -2.15. The molecule has 2 heterocycles. The second-order valence-electron chi connectivity index (χ2n) is 6.44. The third-order valence-corrected chi connectivity index (χ3v) is 5.31. The molecule has 0 spiro atoms. The Hall–Kier alpha value is -3.40. The van der Waals surface area contributed by atoms with E-state index in [1.807, 2.05) is 12.1 Å². The Kier molecular flexibility index (Phi) is 4.94. The molecule has 0 bridgehead atoms. The first-order valence-electron chi connectivity index (χ1n) is 8.75. The van der Waals surface area contributed by atoms with Crippen molar-refractivity contribution in [1.29, 1.82) is 0 Å². The van der Waals surface area contributed by atoms with Gasteiger partial charge in [0.15, 0.2) is 0 Å². The lowest BCUT2D eigenvalue weighted by atomic mass is 10.1. The van der Waals surface area contributed by atoms with Gasteiger partial charge in [-0.05, 0) is 49.4 Å². The fourth-order valence-corrected chi connectivity index (χ4v) is 3.80. The van der Waals surface area contributed by atoms with Crippen molar-refractivity contribution in [3.05, 3.63) is 65.4 Å². The maximum absolute atomic E-state index is 12.7. The summed E-state index contributed by atoms with van der Waals surface area (Å²) in [6.45, 7) is 1.76. The van der Waals surface area contributed by atoms with Crippen molar-refractivity contribution in [2.24, 2.45) is 0 Å². The molecule has 0 unspecified atom stereocenters. The summed E-state index contributed by atoms with van der Waals surface area (Å²) in [5.41, 5.74) is 0.686. The number of carbonyl (C=O) groups excluding carboxylic acids is 1. The van der Waals surface area contributed by atoms with Gasteiger partial charge in [0.25, 0.3) is 5.91 Å². The zero-order valence-corrected chi connectivity index (χ0v) is 16.6. The molecule has 10 heteroatoms. The molecule has 30 heavy (non-hydrogen) atoms. The highest BCUT2D eigenvalue weighted by atomic mass is 32.1. The van der Waals surface area contributed by atoms with Crippen molar-refractivity contribution >= 4 is 33.3 Å². The molecule has 0 saturated carbocycles. The SMILES string of the molecule is COc1ccc2nc(-n3nc(C)cc3NC(=O)c3ccc(C(F)(F)F)cc3)sc2c1. The number of anilines is 1. The molecule has 1 N–H and O–H groups in total. The molecule has 0 aliphatic carbocycles. The number of benzene rings is 2. The monoisotopic (exact) mass is 432 g/mol. The molecule has 154 valence electrons. The molecule has 2 aromatic heterocycles. The molecule has 4 aromatic rings. The first kappa shape index (κ1) is 19.9. The Morgan fingerprint density at radius 3 is 2.53 bits per heavy atom. The standard InChI is InChI=1S/C20H15F3N4O2S/c1-11-9-17(25-18(28)12-3-5-13(6-4-12)20(21,22)23)27(26-11)19-24-15-8-7-14(29-2)10-16(15)30-19/h3-10H,1-2H3,(H,25,28). The summed E-state index contributed by atoms with van der Waals surface area (Å²) >= 11 is 1.37. The van der Waals surface area contributed by atoms with Crippen molar-refractivity contribution in [2.45, 2.75) is 13.1 Å². The molecular weight excluding hydrogens is 417 g/mol. The maximum Gasteiger partial charge on any atom is 0.416 e. The summed E-state index contributed by atoms with van der Waals surface area (Å²) in [5, 5.41) is 7.61. The Bertz CT molecular complexity index is 1230. The number of hydrogen-bond donors (Lipinski definition) is 1. The normalized spacial score (nSPS) is 11.6. The van der Waals surface area contributed by atoms with Gasteiger partial charge in [0.2, 0.25) is 5.13 Å². The van der Waals surface area contributed by atoms with Gasteiger partial charge in [-0.15, -0.1) is 0 Å². The van der Waals surface area contributed by atoms with E-state index in [0.717, 1.165) is 34.5 Å². The number of halogens is 3. The zero-order chi connectivity index (χ0) is 21.5. The summed E-state index contributed by atoms with van der Waals surface area (Å²) in [7, 11) is 1.58. The largest absolute Gasteiger partial charge is 0.497 e. The minimum absolute atomic E-state index is 0.0995. The Balaban J connectivity index is 1.63. The number of ether oxygens (including phenoxy) is 1. The molecule has 1 amide bonds. The van der Waals surface area contributed by atoms with E-state index in [4.69, 9.17) is 4.74 Å². The molecule has 2 aromatic carbocycles. The average Bonchev–Trinajstić information content (AvgIpc) is 3.29. The highest BCUT2D eigenvalue weighted by molar-refractivity contribution is 7.20. The van der Waals surface area contributed by atoms with Gasteiger partial charge in [0.1, 0.15) is 11.6 Å². The minimum atomic E-state index is -4.46. The van der Waals surface area contributed by atoms with Gasteiger partial charge < -0.3 is 10.1 Å². The van der Waals surface area contributed by atoms with E-state index in [1.54, 1.807) is 26.2 Å². The summed E-state index contributed by atoms with van der Waals surface area (Å²) < 4.78 is 45.8. The fourth-order valence-electron chi connectivity index (χ4n) is 2.84. The van der Waals surface area contributed by atoms with Gasteiger partial charge in [0, 0.05) is 11.6 Å². The molecule has 6 nitrogen and oxygen atoms in total. The molecule has 0 aliphatic heterocycles. The van der Waals surface area contributed by atoms with Crippen LogP contribution in [-0.2, 0) is 6.18 Å². The number of amides is 1. The van der Waals surface area contributed by atoms with Gasteiger partial charge in [0.05, 0.1) is 28.6 Å². The number of alkyl halides is 3. The summed E-state index contributed by atoms with van der Waals surface area (Å²) in [6.07, 6.45) is -4.46. The van der Waals surface area contributed by atoms with Crippen molar-refractivity contribution in [1.82, 2.24) is 14.8 Å². The molecule has 0 aliphatic rings. The van der Waals surface area contributed by atoms with Gasteiger partial charge >= 0.3 is 6.18 Å². The van der Waals surface area contributed by atoms with Crippen molar-refractivity contribution in [2.75, 3.05) is 12.4 Å². The molecule has 4 rings (SSSR count). The lowest BCUT2D eigenvalue weighted by molar-refractivity contribution is -0.137. The van der Waals surface area contributed by atoms with E-state index in [2.05, 4.69) is 15.4 Å². The van der Waals surface area contributed by atoms with Crippen LogP contribution in [0.3, 0.4) is 0 Å². The quantitative estimate of drug-likeness (QED) is 0.489. The van der Waals surface area contributed by atoms with Crippen LogP contribution in [0.4, 0.5) is 19.0 Å². The fraction of sp³-hybridized carbons (Fsp3) is 0.150. The predicted octanol–water partition coefficient (Wildman–Crippen LogP) is 5.07. The van der Waals surface area contributed by atoms with Crippen LogP contribution in [0.15, 0.2) is 48.5 Å². The van der Waals surface area contributed by atoms with Crippen molar-refractivity contribution in [3.8, 4) is 10.9 Å². The number of thiazole rings is 1. The predicted molar refractivity (Wildman–Crippen MR) is 107 cm³/mol. The van der Waals surface area contributed by atoms with Crippen molar-refractivity contribution < 1.29 is 22.7 Å². The van der Waals surface area contributed by atoms with Gasteiger partial charge in [-0.2, -0.15) is 23.0 Å². The van der Waals surface area contributed by atoms with Crippen LogP contribution in [0.1, 0.15) is 21.6 Å². The first-order chi connectivity index (χ1) is 14.2. The van der Waals surface area contributed by atoms with Crippen LogP contribution in [0, 0.1) is 6.92 Å². The minimum Gasteiger partial charge on any atom is -0.497 e. The number of fused-ring (bicyclic) bond motifs is 1. The van der Waals surface area contributed by atoms with Gasteiger partial charge in [-0.3, -0.25) is 4.79 Å². The Labute approximate surface area is 172 Å². The molecule has 0 saturated heterocycles. The van der Waals surface area contributed by atoms with E-state index in [9.17, 15) is 18.0 Å². The molecular formula is C20H15F3N4O2S. The van der Waals surface area contributed by atoms with Crippen LogP contribution in [0.25, 0.3) is 15.3 Å². The summed E-state index contributed by atoms with van der Waals surface area (Å²) in [5.74, 6) is 0.515. The summed E-state index contributed by atoms with van der Waals surface area (Å²) in [4.78, 5) is 17.1. The number of carbonyl (C=O) groups is 1. The highest BCUT2D eigenvalue weighted by Crippen LogP contribution is 2.31. The first-order valence-corrected chi connectivity index (χ1v) is 9.56. The molecule has 0 atom stereocenters. The number of aryl methyl sites for hydroxylation is 1. The van der Waals surface area contributed by atoms with E-state index < -0.39 is 17.6 Å². The maximum atomic E-state index is 12.7. The highest BCUT2D eigenvalue weighted by Gasteiger charge is 2.30. The number of aromatic nitrogens is 3. The Morgan fingerprint density at radius 2 is 1.87 bits per heavy atom. The van der Waals surface area contributed by atoms with E-state index in [-0.39, 0.29) is 5.56 Å². The van der Waals surface area contributed by atoms with Crippen LogP contribution >= 0.6 is 11.3 Å². The molecule has 0 radical (unpaired) electrons. The van der Waals surface area contributed by atoms with Crippen LogP contribution < -0.4 is 10.1 Å². The van der Waals surface area contributed by atoms with Crippen LogP contribution in [0.2, 0.25) is 0 Å². The second kappa shape index (κ2) is 7.45. The smallest absolute Gasteiger partial charge is 0.416 e. The van der Waals surface area contributed by atoms with E-state index in [0.29, 0.717) is 22.4 Å². The van der Waals surface area contributed by atoms with Gasteiger partial charge in [-0.25, -0.2) is 4.98 Å². The average molecular weight is 432 g/mol. The van der Waals surface area contributed by atoms with Crippen LogP contribution in [-0.4, -0.2) is 27.8 Å². The number of nitrogens with zero attached hydrogens (tertiary/aromatic N) is 3. The van der Waals surface area contributed by atoms with E-state index in [1.165, 1.54) is 16.0 Å². The Morgan fingerprint density at radius 1 is 1.13 bits per heavy atom. The number of nitrogens with one attached hydrogen (secondary N) is 1. The third-order valence-electron chi connectivity index (χ3n) is 4.31. The number of methoxy groups -OCH3 is 1. The van der Waals surface area contributed by atoms with Crippen molar-refractivity contribution in [3.63, 3.8) is 0 Å². The lowest BCUT2D eigenvalue weighted by Gasteiger charge is -2.09. The summed E-state index contributed by atoms with van der Waals surface area (Å²) in [6, 6.07) is 11.2. The molecule has 0 fully saturated rings. The third kappa shape index (κ3) is 3.86.